The minimum atomic E-state index is -0.478. The van der Waals surface area contributed by atoms with E-state index in [1.807, 2.05) is 25.1 Å². The van der Waals surface area contributed by atoms with Crippen molar-refractivity contribution in [2.45, 2.75) is 65.6 Å². The molecule has 1 atom stereocenters. The molecule has 1 N–H and O–H groups in total. The van der Waals surface area contributed by atoms with E-state index in [0.717, 1.165) is 17.9 Å². The molecule has 1 amide bonds. The monoisotopic (exact) mass is 394 g/mol. The van der Waals surface area contributed by atoms with Crippen molar-refractivity contribution in [1.82, 2.24) is 10.2 Å². The highest BCUT2D eigenvalue weighted by molar-refractivity contribution is 5.81. The third-order valence-electron chi connectivity index (χ3n) is 5.73. The van der Waals surface area contributed by atoms with Gasteiger partial charge in [0.15, 0.2) is 6.10 Å². The molecule has 0 spiro atoms. The summed E-state index contributed by atoms with van der Waals surface area (Å²) in [5.74, 6) is 0.686. The lowest BCUT2D eigenvalue weighted by molar-refractivity contribution is -0.128. The zero-order valence-corrected chi connectivity index (χ0v) is 18.0. The first-order valence-electron chi connectivity index (χ1n) is 10.9. The summed E-state index contributed by atoms with van der Waals surface area (Å²) in [4.78, 5) is 15.2. The van der Waals surface area contributed by atoms with E-state index >= 15 is 0 Å². The quantitative estimate of drug-likeness (QED) is 0.702. The third-order valence-corrected chi connectivity index (χ3v) is 5.73. The second-order valence-electron chi connectivity index (χ2n) is 8.14. The van der Waals surface area contributed by atoms with E-state index in [-0.39, 0.29) is 5.91 Å². The Kier molecular flexibility index (Phi) is 7.70. The Morgan fingerprint density at radius 2 is 1.79 bits per heavy atom. The molecule has 0 aromatic heterocycles. The van der Waals surface area contributed by atoms with Crippen LogP contribution in [0.1, 0.15) is 54.9 Å². The Labute approximate surface area is 175 Å². The van der Waals surface area contributed by atoms with Gasteiger partial charge in [-0.05, 0) is 80.6 Å². The molecule has 1 saturated heterocycles. The molecule has 156 valence electrons. The van der Waals surface area contributed by atoms with Gasteiger partial charge in [-0.25, -0.2) is 0 Å². The van der Waals surface area contributed by atoms with Crippen molar-refractivity contribution in [3.8, 4) is 5.75 Å². The highest BCUT2D eigenvalue weighted by Crippen LogP contribution is 2.19. The number of piperidine rings is 1. The summed E-state index contributed by atoms with van der Waals surface area (Å²) in [5, 5.41) is 3.05. The molecule has 1 fully saturated rings. The summed E-state index contributed by atoms with van der Waals surface area (Å²) < 4.78 is 5.96. The topological polar surface area (TPSA) is 41.6 Å². The Morgan fingerprint density at radius 1 is 1.03 bits per heavy atom. The number of hydrogen-bond donors (Lipinski definition) is 1. The van der Waals surface area contributed by atoms with Crippen molar-refractivity contribution in [1.29, 1.82) is 0 Å². The molecule has 29 heavy (non-hydrogen) atoms. The fraction of sp³-hybridized carbons (Fsp3) is 0.480. The number of carbonyl (C=O) groups excluding carboxylic acids is 1. The van der Waals surface area contributed by atoms with Crippen LogP contribution in [0, 0.1) is 13.8 Å². The number of benzene rings is 2. The molecule has 0 bridgehead atoms. The predicted octanol–water partition coefficient (Wildman–Crippen LogP) is 4.76. The summed E-state index contributed by atoms with van der Waals surface area (Å²) in [6.45, 7) is 10.0. The highest BCUT2D eigenvalue weighted by Gasteiger charge is 2.18. The van der Waals surface area contributed by atoms with Crippen LogP contribution in [-0.2, 0) is 17.9 Å². The standard InChI is InChI=1S/C25H34N2O2/c1-4-24(29-23-12-11-19(2)20(3)15-23)25(28)26-17-21-9-8-10-22(16-21)18-27-13-6-5-7-14-27/h8-12,15-16,24H,4-7,13-14,17-18H2,1-3H3,(H,26,28)/t24-/m0/s1. The largest absolute Gasteiger partial charge is 0.481 e. The number of aryl methyl sites for hydroxylation is 2. The van der Waals surface area contributed by atoms with Gasteiger partial charge in [-0.3, -0.25) is 9.69 Å². The summed E-state index contributed by atoms with van der Waals surface area (Å²) in [6, 6.07) is 14.5. The first kappa shape index (κ1) is 21.4. The van der Waals surface area contributed by atoms with E-state index in [1.165, 1.54) is 49.0 Å². The number of nitrogens with one attached hydrogen (secondary N) is 1. The van der Waals surface area contributed by atoms with Gasteiger partial charge in [0, 0.05) is 13.1 Å². The summed E-state index contributed by atoms with van der Waals surface area (Å²) in [6.07, 6.45) is 4.11. The van der Waals surface area contributed by atoms with Crippen LogP contribution in [0.25, 0.3) is 0 Å². The van der Waals surface area contributed by atoms with Gasteiger partial charge in [-0.2, -0.15) is 0 Å². The molecule has 1 aliphatic rings. The molecular formula is C25H34N2O2. The number of amides is 1. The van der Waals surface area contributed by atoms with E-state index in [4.69, 9.17) is 4.74 Å². The molecule has 4 heteroatoms. The lowest BCUT2D eigenvalue weighted by atomic mass is 10.1. The van der Waals surface area contributed by atoms with Crippen molar-refractivity contribution >= 4 is 5.91 Å². The maximum absolute atomic E-state index is 12.7. The number of hydrogen-bond acceptors (Lipinski definition) is 3. The van der Waals surface area contributed by atoms with Crippen LogP contribution in [0.3, 0.4) is 0 Å². The van der Waals surface area contributed by atoms with Crippen LogP contribution >= 0.6 is 0 Å². The molecule has 0 radical (unpaired) electrons. The fourth-order valence-corrected chi connectivity index (χ4v) is 3.79. The molecule has 2 aromatic rings. The summed E-state index contributed by atoms with van der Waals surface area (Å²) >= 11 is 0. The molecular weight excluding hydrogens is 360 g/mol. The van der Waals surface area contributed by atoms with Gasteiger partial charge >= 0.3 is 0 Å². The van der Waals surface area contributed by atoms with Gasteiger partial charge in [0.25, 0.3) is 5.91 Å². The second kappa shape index (κ2) is 10.4. The van der Waals surface area contributed by atoms with Gasteiger partial charge in [0.05, 0.1) is 0 Å². The second-order valence-corrected chi connectivity index (χ2v) is 8.14. The van der Waals surface area contributed by atoms with Crippen molar-refractivity contribution in [3.63, 3.8) is 0 Å². The predicted molar refractivity (Wildman–Crippen MR) is 118 cm³/mol. The van der Waals surface area contributed by atoms with E-state index < -0.39 is 6.10 Å². The first-order chi connectivity index (χ1) is 14.0. The Morgan fingerprint density at radius 3 is 2.52 bits per heavy atom. The minimum Gasteiger partial charge on any atom is -0.481 e. The van der Waals surface area contributed by atoms with E-state index in [2.05, 4.69) is 48.3 Å². The smallest absolute Gasteiger partial charge is 0.261 e. The normalized spacial score (nSPS) is 15.7. The van der Waals surface area contributed by atoms with Crippen LogP contribution in [-0.4, -0.2) is 30.0 Å². The maximum Gasteiger partial charge on any atom is 0.261 e. The molecule has 2 aromatic carbocycles. The summed E-state index contributed by atoms with van der Waals surface area (Å²) in [7, 11) is 0. The minimum absolute atomic E-state index is 0.0628. The number of ether oxygens (including phenoxy) is 1. The Hall–Kier alpha value is -2.33. The molecule has 3 rings (SSSR count). The number of carbonyl (C=O) groups is 1. The fourth-order valence-electron chi connectivity index (χ4n) is 3.79. The molecule has 0 aliphatic carbocycles. The molecule has 4 nitrogen and oxygen atoms in total. The lowest BCUT2D eigenvalue weighted by Gasteiger charge is -2.26. The van der Waals surface area contributed by atoms with E-state index in [0.29, 0.717) is 13.0 Å². The van der Waals surface area contributed by atoms with E-state index in [9.17, 15) is 4.79 Å². The molecule has 0 unspecified atom stereocenters. The molecule has 0 saturated carbocycles. The average molecular weight is 395 g/mol. The van der Waals surface area contributed by atoms with Crippen molar-refractivity contribution in [2.24, 2.45) is 0 Å². The van der Waals surface area contributed by atoms with Crippen molar-refractivity contribution < 1.29 is 9.53 Å². The molecule has 1 aliphatic heterocycles. The van der Waals surface area contributed by atoms with Crippen molar-refractivity contribution in [3.05, 3.63) is 64.7 Å². The van der Waals surface area contributed by atoms with Crippen LogP contribution < -0.4 is 10.1 Å². The Balaban J connectivity index is 1.54. The van der Waals surface area contributed by atoms with Gasteiger partial charge < -0.3 is 10.1 Å². The van der Waals surface area contributed by atoms with Gasteiger partial charge in [-0.15, -0.1) is 0 Å². The SMILES string of the molecule is CC[C@H](Oc1ccc(C)c(C)c1)C(=O)NCc1cccc(CN2CCCCC2)c1. The number of rotatable bonds is 8. The zero-order valence-electron chi connectivity index (χ0n) is 18.0. The van der Waals surface area contributed by atoms with Crippen molar-refractivity contribution in [2.75, 3.05) is 13.1 Å². The highest BCUT2D eigenvalue weighted by atomic mass is 16.5. The van der Waals surface area contributed by atoms with Crippen LogP contribution in [0.2, 0.25) is 0 Å². The first-order valence-corrected chi connectivity index (χ1v) is 10.9. The van der Waals surface area contributed by atoms with E-state index in [1.54, 1.807) is 0 Å². The zero-order chi connectivity index (χ0) is 20.6. The number of likely N-dealkylation sites (tertiary alicyclic amines) is 1. The molecule has 1 heterocycles. The number of nitrogens with zero attached hydrogens (tertiary/aromatic N) is 1. The third kappa shape index (κ3) is 6.33. The van der Waals surface area contributed by atoms with Crippen LogP contribution in [0.4, 0.5) is 0 Å². The van der Waals surface area contributed by atoms with Gasteiger partial charge in [-0.1, -0.05) is 43.7 Å². The maximum atomic E-state index is 12.7. The van der Waals surface area contributed by atoms with Crippen LogP contribution in [0.5, 0.6) is 5.75 Å². The van der Waals surface area contributed by atoms with Crippen LogP contribution in [0.15, 0.2) is 42.5 Å². The average Bonchev–Trinajstić information content (AvgIpc) is 2.74. The summed E-state index contributed by atoms with van der Waals surface area (Å²) in [5.41, 5.74) is 4.84. The lowest BCUT2D eigenvalue weighted by Crippen LogP contribution is -2.37. The Bertz CT molecular complexity index is 812. The van der Waals surface area contributed by atoms with Gasteiger partial charge in [0.2, 0.25) is 0 Å². The van der Waals surface area contributed by atoms with Gasteiger partial charge in [0.1, 0.15) is 5.75 Å².